The van der Waals surface area contributed by atoms with Gasteiger partial charge in [0.25, 0.3) is 0 Å². The van der Waals surface area contributed by atoms with Crippen LogP contribution in [0.15, 0.2) is 24.0 Å². The summed E-state index contributed by atoms with van der Waals surface area (Å²) < 4.78 is 52.6. The molecule has 0 aromatic carbocycles. The Morgan fingerprint density at radius 2 is 1.57 bits per heavy atom. The number of allylic oxidation sites excluding steroid dienone is 1. The highest BCUT2D eigenvalue weighted by Crippen LogP contribution is 2.39. The molecule has 0 saturated carbocycles. The van der Waals surface area contributed by atoms with Gasteiger partial charge in [-0.3, -0.25) is 4.79 Å². The molecule has 0 aromatic heterocycles. The maximum atomic E-state index is 13.4. The van der Waals surface area contributed by atoms with E-state index in [4.69, 9.17) is 42.6 Å². The highest BCUT2D eigenvalue weighted by Gasteiger charge is 2.49. The van der Waals surface area contributed by atoms with Crippen molar-refractivity contribution in [1.82, 2.24) is 0 Å². The first-order valence-corrected chi connectivity index (χ1v) is 17.1. The second-order valence-electron chi connectivity index (χ2n) is 14.1. The van der Waals surface area contributed by atoms with Gasteiger partial charge in [0.05, 0.1) is 36.9 Å². The summed E-state index contributed by atoms with van der Waals surface area (Å²) in [5.74, 6) is -1.83. The van der Waals surface area contributed by atoms with Crippen LogP contribution in [0.2, 0.25) is 0 Å². The molecule has 49 heavy (non-hydrogen) atoms. The van der Waals surface area contributed by atoms with Crippen LogP contribution in [0, 0.1) is 17.8 Å². The first-order valence-electron chi connectivity index (χ1n) is 17.1. The summed E-state index contributed by atoms with van der Waals surface area (Å²) in [6, 6.07) is 0. The molecule has 0 amide bonds. The third-order valence-electron chi connectivity index (χ3n) is 10.1. The van der Waals surface area contributed by atoms with Crippen LogP contribution in [0.5, 0.6) is 0 Å². The molecular formula is C35H56O14. The van der Waals surface area contributed by atoms with Crippen LogP contribution in [0.4, 0.5) is 0 Å². The van der Waals surface area contributed by atoms with Gasteiger partial charge in [0.1, 0.15) is 41.9 Å². The number of esters is 1. The van der Waals surface area contributed by atoms with Gasteiger partial charge in [0, 0.05) is 46.2 Å². The molecule has 4 heterocycles. The van der Waals surface area contributed by atoms with Crippen molar-refractivity contribution >= 4 is 11.8 Å². The second kappa shape index (κ2) is 17.0. The molecule has 3 fully saturated rings. The molecule has 3 N–H and O–H groups in total. The molecule has 0 bridgehead atoms. The summed E-state index contributed by atoms with van der Waals surface area (Å²) in [6.07, 6.45) is -3.54. The van der Waals surface area contributed by atoms with Crippen LogP contribution >= 0.6 is 0 Å². The predicted octanol–water partition coefficient (Wildman–Crippen LogP) is 1.81. The molecule has 0 aliphatic carbocycles. The number of Topliss-reactive ketones (excluding diaryl/α,β-unsaturated/α-hetero) is 1. The fraction of sp³-hybridized carbons (Fsp3) is 0.829. The Bertz CT molecular complexity index is 1170. The number of fused-ring (bicyclic) bond motifs is 1. The normalized spacial score (nSPS) is 45.6. The molecule has 4 aliphatic rings. The first-order chi connectivity index (χ1) is 23.1. The highest BCUT2D eigenvalue weighted by atomic mass is 16.7. The number of carbonyl (C=O) groups excluding carboxylic acids is 2. The number of aliphatic hydroxyl groups excluding tert-OH is 2. The standard InChI is InChI=1S/C35H56O14/c1-17-10-13-26(37)46-20(4)22(16-44-34-32(43-9)31(42-8)27(38)21(5)47-34)30-23(48-30)11-12-25(36)35(6,40)15-18(2)29(17)49-33-28(39)24(41-7)14-19(3)45-33/h10-11,13,17-22,24,27-34,38-40H,12,14-16H2,1-9H3. The summed E-state index contributed by atoms with van der Waals surface area (Å²) in [5.41, 5.74) is -1.71. The van der Waals surface area contributed by atoms with Gasteiger partial charge in [-0.15, -0.1) is 0 Å². The molecule has 0 radical (unpaired) electrons. The third-order valence-corrected chi connectivity index (χ3v) is 10.1. The van der Waals surface area contributed by atoms with E-state index in [2.05, 4.69) is 0 Å². The van der Waals surface area contributed by atoms with E-state index in [1.807, 2.05) is 20.8 Å². The van der Waals surface area contributed by atoms with Crippen LogP contribution < -0.4 is 0 Å². The molecule has 4 aliphatic heterocycles. The topological polar surface area (TPSA) is 181 Å². The molecule has 0 spiro atoms. The molecular weight excluding hydrogens is 644 g/mol. The van der Waals surface area contributed by atoms with Crippen molar-refractivity contribution in [2.45, 2.75) is 140 Å². The zero-order chi connectivity index (χ0) is 36.2. The Balaban J connectivity index is 1.56. The van der Waals surface area contributed by atoms with Crippen molar-refractivity contribution in [3.63, 3.8) is 0 Å². The number of rotatable bonds is 8. The van der Waals surface area contributed by atoms with Gasteiger partial charge in [-0.1, -0.05) is 19.9 Å². The van der Waals surface area contributed by atoms with E-state index < -0.39 is 103 Å². The Hall–Kier alpha value is -1.98. The molecule has 0 aromatic rings. The van der Waals surface area contributed by atoms with Crippen LogP contribution in [0.3, 0.4) is 0 Å². The summed E-state index contributed by atoms with van der Waals surface area (Å²) in [6.45, 7) is 10.5. The summed E-state index contributed by atoms with van der Waals surface area (Å²) in [4.78, 5) is 26.5. The van der Waals surface area contributed by atoms with E-state index in [-0.39, 0.29) is 25.6 Å². The number of hydrogen-bond donors (Lipinski definition) is 3. The van der Waals surface area contributed by atoms with Crippen LogP contribution in [-0.2, 0) is 52.2 Å². The maximum Gasteiger partial charge on any atom is 0.330 e. The van der Waals surface area contributed by atoms with E-state index in [0.717, 1.165) is 0 Å². The molecule has 14 nitrogen and oxygen atoms in total. The summed E-state index contributed by atoms with van der Waals surface area (Å²) in [5, 5.41) is 32.8. The third kappa shape index (κ3) is 9.67. The number of ketones is 1. The van der Waals surface area contributed by atoms with Crippen molar-refractivity contribution in [3.05, 3.63) is 24.0 Å². The van der Waals surface area contributed by atoms with Crippen LogP contribution in [-0.4, -0.2) is 134 Å². The lowest BCUT2D eigenvalue weighted by Crippen LogP contribution is -2.59. The molecule has 14 heteroatoms. The minimum atomic E-state index is -1.71. The number of aliphatic hydroxyl groups is 3. The average Bonchev–Trinajstić information content (AvgIpc) is 3.82. The maximum absolute atomic E-state index is 13.4. The Morgan fingerprint density at radius 3 is 2.22 bits per heavy atom. The molecule has 16 atom stereocenters. The highest BCUT2D eigenvalue weighted by molar-refractivity contribution is 5.88. The Labute approximate surface area is 288 Å². The van der Waals surface area contributed by atoms with E-state index in [1.165, 1.54) is 34.3 Å². The monoisotopic (exact) mass is 700 g/mol. The average molecular weight is 701 g/mol. The Morgan fingerprint density at radius 1 is 0.878 bits per heavy atom. The molecule has 3 saturated heterocycles. The largest absolute Gasteiger partial charge is 0.483 e. The number of methoxy groups -OCH3 is 3. The molecule has 16 unspecified atom stereocenters. The summed E-state index contributed by atoms with van der Waals surface area (Å²) in [7, 11) is 4.46. The lowest BCUT2D eigenvalue weighted by molar-refractivity contribution is -0.305. The van der Waals surface area contributed by atoms with E-state index >= 15 is 0 Å². The number of cyclic esters (lactones) is 1. The van der Waals surface area contributed by atoms with Crippen molar-refractivity contribution in [1.29, 1.82) is 0 Å². The van der Waals surface area contributed by atoms with Gasteiger partial charge in [0.2, 0.25) is 0 Å². The Kier molecular flexibility index (Phi) is 13.8. The fourth-order valence-electron chi connectivity index (χ4n) is 7.10. The zero-order valence-electron chi connectivity index (χ0n) is 30.1. The van der Waals surface area contributed by atoms with E-state index in [9.17, 15) is 24.9 Å². The van der Waals surface area contributed by atoms with E-state index in [0.29, 0.717) is 12.2 Å². The second-order valence-corrected chi connectivity index (χ2v) is 14.1. The SMILES string of the molecule is COC1CC(C)OC(OC2C(C)C=CC(=O)OC(C)C(COC3OC(C)C(O)C(OC)C3OC)C3OC3=CCC(=O)C(C)(O)CC2C)C1O. The summed E-state index contributed by atoms with van der Waals surface area (Å²) >= 11 is 0. The fourth-order valence-corrected chi connectivity index (χ4v) is 7.10. The quantitative estimate of drug-likeness (QED) is 0.246. The van der Waals surface area contributed by atoms with Gasteiger partial charge in [0.15, 0.2) is 24.5 Å². The predicted molar refractivity (Wildman–Crippen MR) is 173 cm³/mol. The van der Waals surface area contributed by atoms with Crippen LogP contribution in [0.1, 0.15) is 60.8 Å². The van der Waals surface area contributed by atoms with E-state index in [1.54, 1.807) is 26.0 Å². The minimum absolute atomic E-state index is 0.0179. The molecule has 280 valence electrons. The van der Waals surface area contributed by atoms with Crippen LogP contribution in [0.25, 0.3) is 0 Å². The van der Waals surface area contributed by atoms with Gasteiger partial charge < -0.3 is 58.0 Å². The zero-order valence-corrected chi connectivity index (χ0v) is 30.1. The van der Waals surface area contributed by atoms with Crippen molar-refractivity contribution < 1.29 is 67.5 Å². The lowest BCUT2D eigenvalue weighted by Gasteiger charge is -2.42. The number of hydrogen-bond acceptors (Lipinski definition) is 14. The van der Waals surface area contributed by atoms with Crippen molar-refractivity contribution in [2.24, 2.45) is 17.8 Å². The number of carbonyl (C=O) groups is 2. The molecule has 4 rings (SSSR count). The lowest BCUT2D eigenvalue weighted by atomic mass is 9.81. The minimum Gasteiger partial charge on any atom is -0.483 e. The van der Waals surface area contributed by atoms with Crippen molar-refractivity contribution in [2.75, 3.05) is 27.9 Å². The van der Waals surface area contributed by atoms with Gasteiger partial charge in [-0.2, -0.15) is 0 Å². The van der Waals surface area contributed by atoms with Crippen molar-refractivity contribution in [3.8, 4) is 0 Å². The smallest absolute Gasteiger partial charge is 0.330 e. The number of epoxide rings is 1. The van der Waals surface area contributed by atoms with Gasteiger partial charge >= 0.3 is 5.97 Å². The van der Waals surface area contributed by atoms with Gasteiger partial charge in [-0.25, -0.2) is 4.79 Å². The number of ether oxygens (including phenoxy) is 9. The first kappa shape index (κ1) is 39.8. The van der Waals surface area contributed by atoms with Gasteiger partial charge in [-0.05, 0) is 46.1 Å².